The summed E-state index contributed by atoms with van der Waals surface area (Å²) in [7, 11) is 0. The van der Waals surface area contributed by atoms with Gasteiger partial charge in [-0.2, -0.15) is 0 Å². The summed E-state index contributed by atoms with van der Waals surface area (Å²) in [6.07, 6.45) is 2.75. The predicted octanol–water partition coefficient (Wildman–Crippen LogP) is 5.50. The molecular formula is C42H57N7O4. The van der Waals surface area contributed by atoms with Gasteiger partial charge in [-0.3, -0.25) is 19.2 Å². The second-order valence-corrected chi connectivity index (χ2v) is 16.6. The van der Waals surface area contributed by atoms with Crippen molar-refractivity contribution in [2.45, 2.75) is 104 Å². The molecule has 53 heavy (non-hydrogen) atoms. The van der Waals surface area contributed by atoms with Gasteiger partial charge in [-0.05, 0) is 84.0 Å². The normalized spacial score (nSPS) is 18.7. The first-order chi connectivity index (χ1) is 25.0. The maximum atomic E-state index is 13.3. The molecule has 5 rings (SSSR count). The van der Waals surface area contributed by atoms with Crippen LogP contribution in [0.15, 0.2) is 78.9 Å². The van der Waals surface area contributed by atoms with Crippen molar-refractivity contribution < 1.29 is 19.2 Å². The summed E-state index contributed by atoms with van der Waals surface area (Å²) in [5, 5.41) is 6.02. The van der Waals surface area contributed by atoms with E-state index in [0.29, 0.717) is 50.4 Å². The molecule has 11 nitrogen and oxygen atoms in total. The first-order valence-electron chi connectivity index (χ1n) is 18.7. The zero-order valence-corrected chi connectivity index (χ0v) is 32.1. The summed E-state index contributed by atoms with van der Waals surface area (Å²) in [6, 6.07) is 23.3. The number of nitrogens with two attached hydrogens (primary N) is 2. The Balaban J connectivity index is 1.21. The van der Waals surface area contributed by atoms with Crippen LogP contribution < -0.4 is 27.0 Å². The van der Waals surface area contributed by atoms with E-state index in [9.17, 15) is 19.2 Å². The molecule has 3 aromatic rings. The first kappa shape index (κ1) is 39.5. The van der Waals surface area contributed by atoms with Gasteiger partial charge < -0.3 is 36.8 Å². The maximum absolute atomic E-state index is 13.3. The molecule has 0 aromatic heterocycles. The minimum Gasteiger partial charge on any atom is -0.363 e. The second-order valence-electron chi connectivity index (χ2n) is 16.6. The molecule has 2 aliphatic rings. The molecule has 0 bridgehead atoms. The number of nitrogens with zero attached hydrogens (tertiary/aromatic N) is 3. The van der Waals surface area contributed by atoms with Crippen molar-refractivity contribution in [1.82, 2.24) is 9.80 Å². The van der Waals surface area contributed by atoms with Gasteiger partial charge in [0, 0.05) is 43.2 Å². The number of nitrogens with one attached hydrogen (secondary N) is 2. The Bertz CT molecular complexity index is 1620. The summed E-state index contributed by atoms with van der Waals surface area (Å²) in [4.78, 5) is 58.4. The molecule has 0 aliphatic carbocycles. The number of anilines is 3. The van der Waals surface area contributed by atoms with Gasteiger partial charge >= 0.3 is 0 Å². The number of carbonyl (C=O) groups excluding carboxylic acids is 4. The van der Waals surface area contributed by atoms with Crippen molar-refractivity contribution in [3.05, 3.63) is 90.0 Å². The standard InChI is InChI=1S/C42H57N7O4/c1-41(2,3)35(43)39(52)48-24-10-14-33(48)37(50)45-30-20-16-28(17-21-30)26-47(32-12-8-7-9-13-32)27-29-18-22-31(23-19-29)46-38(51)34-15-11-25-49(34)40(53)36(44)42(4,5)6/h7-9,12-13,16-23,33-36H,10-11,14-15,24-27,43-44H2,1-6H3,(H,45,50)(H,46,51). The minimum absolute atomic E-state index is 0.184. The number of carbonyl (C=O) groups is 4. The Labute approximate surface area is 314 Å². The van der Waals surface area contributed by atoms with Crippen LogP contribution in [0.3, 0.4) is 0 Å². The smallest absolute Gasteiger partial charge is 0.247 e. The molecule has 2 aliphatic heterocycles. The third-order valence-corrected chi connectivity index (χ3v) is 10.4. The highest BCUT2D eigenvalue weighted by Crippen LogP contribution is 2.28. The zero-order valence-electron chi connectivity index (χ0n) is 32.1. The first-order valence-corrected chi connectivity index (χ1v) is 18.7. The van der Waals surface area contributed by atoms with Crippen molar-refractivity contribution in [3.8, 4) is 0 Å². The fraction of sp³-hybridized carbons (Fsp3) is 0.476. The molecule has 0 radical (unpaired) electrons. The molecule has 2 heterocycles. The molecular weight excluding hydrogens is 667 g/mol. The summed E-state index contributed by atoms with van der Waals surface area (Å²) in [5.74, 6) is -0.767. The van der Waals surface area contributed by atoms with Gasteiger partial charge in [0.25, 0.3) is 0 Å². The van der Waals surface area contributed by atoms with Crippen LogP contribution in [0.25, 0.3) is 0 Å². The van der Waals surface area contributed by atoms with Crippen LogP contribution in [0, 0.1) is 10.8 Å². The van der Waals surface area contributed by atoms with Crippen molar-refractivity contribution in [1.29, 1.82) is 0 Å². The summed E-state index contributed by atoms with van der Waals surface area (Å²) < 4.78 is 0. The van der Waals surface area contributed by atoms with Gasteiger partial charge in [0.15, 0.2) is 0 Å². The molecule has 0 spiro atoms. The largest absolute Gasteiger partial charge is 0.363 e. The summed E-state index contributed by atoms with van der Waals surface area (Å²) >= 11 is 0. The van der Waals surface area contributed by atoms with Gasteiger partial charge in [0.05, 0.1) is 12.1 Å². The van der Waals surface area contributed by atoms with Crippen LogP contribution in [0.1, 0.15) is 78.4 Å². The van der Waals surface area contributed by atoms with Crippen LogP contribution in [0.2, 0.25) is 0 Å². The van der Waals surface area contributed by atoms with Crippen LogP contribution in [-0.4, -0.2) is 70.7 Å². The molecule has 6 N–H and O–H groups in total. The topological polar surface area (TPSA) is 154 Å². The third kappa shape index (κ3) is 9.83. The Hall–Kier alpha value is -4.74. The van der Waals surface area contributed by atoms with E-state index in [-0.39, 0.29) is 23.6 Å². The van der Waals surface area contributed by atoms with Crippen LogP contribution in [0.4, 0.5) is 17.1 Å². The molecule has 2 saturated heterocycles. The third-order valence-electron chi connectivity index (χ3n) is 10.4. The average molecular weight is 724 g/mol. The maximum Gasteiger partial charge on any atom is 0.247 e. The Morgan fingerprint density at radius 3 is 1.38 bits per heavy atom. The van der Waals surface area contributed by atoms with Gasteiger partial charge in [-0.25, -0.2) is 0 Å². The molecule has 11 heteroatoms. The van der Waals surface area contributed by atoms with Crippen molar-refractivity contribution in [3.63, 3.8) is 0 Å². The zero-order chi connectivity index (χ0) is 38.5. The number of hydrogen-bond donors (Lipinski definition) is 4. The van der Waals surface area contributed by atoms with Crippen LogP contribution >= 0.6 is 0 Å². The van der Waals surface area contributed by atoms with E-state index in [1.54, 1.807) is 9.80 Å². The molecule has 2 fully saturated rings. The molecule has 3 aromatic carbocycles. The van der Waals surface area contributed by atoms with Gasteiger partial charge in [0.1, 0.15) is 12.1 Å². The average Bonchev–Trinajstić information content (AvgIpc) is 3.82. The number of amides is 4. The fourth-order valence-corrected chi connectivity index (χ4v) is 6.86. The van der Waals surface area contributed by atoms with E-state index in [1.165, 1.54) is 0 Å². The quantitative estimate of drug-likeness (QED) is 0.204. The molecule has 4 atom stereocenters. The number of hydrogen-bond acceptors (Lipinski definition) is 7. The number of likely N-dealkylation sites (tertiary alicyclic amines) is 2. The molecule has 284 valence electrons. The summed E-state index contributed by atoms with van der Waals surface area (Å²) in [5.41, 5.74) is 16.2. The van der Waals surface area contributed by atoms with Crippen LogP contribution in [-0.2, 0) is 32.3 Å². The number of rotatable bonds is 11. The highest BCUT2D eigenvalue weighted by Gasteiger charge is 2.40. The lowest BCUT2D eigenvalue weighted by Crippen LogP contribution is -2.54. The number of benzene rings is 3. The van der Waals surface area contributed by atoms with E-state index in [1.807, 2.05) is 108 Å². The number of para-hydroxylation sites is 1. The molecule has 4 amide bonds. The minimum atomic E-state index is -0.675. The lowest BCUT2D eigenvalue weighted by atomic mass is 9.86. The van der Waals surface area contributed by atoms with E-state index < -0.39 is 35.0 Å². The fourth-order valence-electron chi connectivity index (χ4n) is 6.86. The Morgan fingerprint density at radius 2 is 1.02 bits per heavy atom. The SMILES string of the molecule is CC(C)(C)C(N)C(=O)N1CCCC1C(=O)Nc1ccc(CN(Cc2ccc(NC(=O)C3CCCN3C(=O)C(N)C(C)(C)C)cc2)c2ccccc2)cc1. The van der Waals surface area contributed by atoms with E-state index in [0.717, 1.165) is 29.7 Å². The van der Waals surface area contributed by atoms with Gasteiger partial charge in [-0.1, -0.05) is 84.0 Å². The van der Waals surface area contributed by atoms with E-state index in [2.05, 4.69) is 27.7 Å². The lowest BCUT2D eigenvalue weighted by molar-refractivity contribution is -0.139. The second kappa shape index (κ2) is 16.5. The molecule has 4 unspecified atom stereocenters. The molecule has 0 saturated carbocycles. The Morgan fingerprint density at radius 1 is 0.642 bits per heavy atom. The Kier molecular flexibility index (Phi) is 12.3. The van der Waals surface area contributed by atoms with Crippen molar-refractivity contribution in [2.24, 2.45) is 22.3 Å². The van der Waals surface area contributed by atoms with Crippen molar-refractivity contribution >= 4 is 40.7 Å². The highest BCUT2D eigenvalue weighted by atomic mass is 16.2. The van der Waals surface area contributed by atoms with Gasteiger partial charge in [-0.15, -0.1) is 0 Å². The van der Waals surface area contributed by atoms with E-state index >= 15 is 0 Å². The lowest BCUT2D eigenvalue weighted by Gasteiger charge is -2.32. The van der Waals surface area contributed by atoms with Crippen LogP contribution in [0.5, 0.6) is 0 Å². The monoisotopic (exact) mass is 723 g/mol. The highest BCUT2D eigenvalue weighted by molar-refractivity contribution is 5.99. The van der Waals surface area contributed by atoms with E-state index in [4.69, 9.17) is 11.5 Å². The summed E-state index contributed by atoms with van der Waals surface area (Å²) in [6.45, 7) is 13.9. The van der Waals surface area contributed by atoms with Crippen molar-refractivity contribution in [2.75, 3.05) is 28.6 Å². The predicted molar refractivity (Wildman–Crippen MR) is 211 cm³/mol. The van der Waals surface area contributed by atoms with Gasteiger partial charge in [0.2, 0.25) is 23.6 Å².